The van der Waals surface area contributed by atoms with Crippen molar-refractivity contribution in [3.63, 3.8) is 0 Å². The molecule has 0 aliphatic rings. The maximum Gasteiger partial charge on any atom is 0.234 e. The number of aromatic nitrogens is 1. The van der Waals surface area contributed by atoms with E-state index < -0.39 is 0 Å². The molecule has 0 fully saturated rings. The molecule has 0 saturated carbocycles. The summed E-state index contributed by atoms with van der Waals surface area (Å²) in [6, 6.07) is 12.8. The third kappa shape index (κ3) is 5.15. The zero-order valence-electron chi connectivity index (χ0n) is 14.7. The minimum atomic E-state index is -0.115. The Labute approximate surface area is 170 Å². The Morgan fingerprint density at radius 1 is 1.15 bits per heavy atom. The Kier molecular flexibility index (Phi) is 6.60. The van der Waals surface area contributed by atoms with Crippen molar-refractivity contribution in [2.24, 2.45) is 0 Å². The maximum absolute atomic E-state index is 12.2. The van der Waals surface area contributed by atoms with Crippen LogP contribution in [0.2, 0.25) is 5.02 Å². The van der Waals surface area contributed by atoms with Crippen LogP contribution in [-0.2, 0) is 4.79 Å². The van der Waals surface area contributed by atoms with Crippen LogP contribution in [-0.4, -0.2) is 30.9 Å². The zero-order valence-corrected chi connectivity index (χ0v) is 17.1. The predicted molar refractivity (Wildman–Crippen MR) is 111 cm³/mol. The first-order valence-corrected chi connectivity index (χ1v) is 10.2. The molecule has 0 atom stereocenters. The lowest BCUT2D eigenvalue weighted by Gasteiger charge is -2.10. The van der Waals surface area contributed by atoms with Gasteiger partial charge in [-0.1, -0.05) is 35.5 Å². The van der Waals surface area contributed by atoms with Gasteiger partial charge in [-0.3, -0.25) is 4.79 Å². The van der Waals surface area contributed by atoms with Crippen LogP contribution in [0.3, 0.4) is 0 Å². The van der Waals surface area contributed by atoms with Gasteiger partial charge in [0.05, 0.1) is 25.7 Å². The van der Waals surface area contributed by atoms with E-state index >= 15 is 0 Å². The molecule has 0 aliphatic carbocycles. The Morgan fingerprint density at radius 2 is 1.89 bits per heavy atom. The van der Waals surface area contributed by atoms with Crippen molar-refractivity contribution in [2.45, 2.75) is 4.34 Å². The summed E-state index contributed by atoms with van der Waals surface area (Å²) in [7, 11) is 3.12. The quantitative estimate of drug-likeness (QED) is 0.531. The van der Waals surface area contributed by atoms with E-state index in [1.54, 1.807) is 32.4 Å². The van der Waals surface area contributed by atoms with Crippen LogP contribution in [0.1, 0.15) is 0 Å². The third-order valence-corrected chi connectivity index (χ3v) is 5.89. The van der Waals surface area contributed by atoms with Gasteiger partial charge in [-0.25, -0.2) is 4.98 Å². The van der Waals surface area contributed by atoms with Gasteiger partial charge < -0.3 is 14.8 Å². The first-order valence-electron chi connectivity index (χ1n) is 7.95. The average Bonchev–Trinajstić information content (AvgIpc) is 3.16. The van der Waals surface area contributed by atoms with Crippen molar-refractivity contribution < 1.29 is 14.3 Å². The predicted octanol–water partition coefficient (Wildman–Crippen LogP) is 5.21. The number of halogens is 1. The molecule has 0 saturated heterocycles. The van der Waals surface area contributed by atoms with Gasteiger partial charge in [-0.2, -0.15) is 0 Å². The van der Waals surface area contributed by atoms with Crippen LogP contribution in [0.5, 0.6) is 11.5 Å². The second-order valence-corrected chi connectivity index (χ2v) is 7.93. The molecule has 27 heavy (non-hydrogen) atoms. The summed E-state index contributed by atoms with van der Waals surface area (Å²) < 4.78 is 11.3. The summed E-state index contributed by atoms with van der Waals surface area (Å²) in [4.78, 5) is 16.8. The first-order chi connectivity index (χ1) is 13.1. The number of hydrogen-bond donors (Lipinski definition) is 1. The van der Waals surface area contributed by atoms with E-state index in [0.29, 0.717) is 22.2 Å². The Balaban J connectivity index is 1.57. The van der Waals surface area contributed by atoms with Gasteiger partial charge in [-0.15, -0.1) is 11.3 Å². The van der Waals surface area contributed by atoms with Gasteiger partial charge in [0.15, 0.2) is 15.8 Å². The lowest BCUT2D eigenvalue weighted by molar-refractivity contribution is -0.113. The SMILES string of the molecule is COc1ccc(NC(=O)CSc2nc(-c3ccc(Cl)cc3)cs2)cc1OC. The van der Waals surface area contributed by atoms with Crippen LogP contribution in [0.15, 0.2) is 52.2 Å². The monoisotopic (exact) mass is 420 g/mol. The number of rotatable bonds is 7. The van der Waals surface area contributed by atoms with Gasteiger partial charge in [-0.05, 0) is 24.3 Å². The number of thioether (sulfide) groups is 1. The zero-order chi connectivity index (χ0) is 19.2. The van der Waals surface area contributed by atoms with E-state index in [-0.39, 0.29) is 11.7 Å². The Bertz CT molecular complexity index is 929. The van der Waals surface area contributed by atoms with E-state index in [9.17, 15) is 4.79 Å². The van der Waals surface area contributed by atoms with E-state index in [1.807, 2.05) is 29.6 Å². The van der Waals surface area contributed by atoms with Crippen LogP contribution in [0.4, 0.5) is 5.69 Å². The van der Waals surface area contributed by atoms with E-state index in [2.05, 4.69) is 10.3 Å². The number of amides is 1. The van der Waals surface area contributed by atoms with Crippen molar-refractivity contribution in [1.82, 2.24) is 4.98 Å². The van der Waals surface area contributed by atoms with Crippen molar-refractivity contribution in [2.75, 3.05) is 25.3 Å². The molecular formula is C19H17ClN2O3S2. The number of benzene rings is 2. The molecule has 0 radical (unpaired) electrons. The van der Waals surface area contributed by atoms with Gasteiger partial charge in [0.2, 0.25) is 5.91 Å². The number of hydrogen-bond acceptors (Lipinski definition) is 6. The molecule has 5 nitrogen and oxygen atoms in total. The normalized spacial score (nSPS) is 10.5. The highest BCUT2D eigenvalue weighted by Crippen LogP contribution is 2.31. The number of methoxy groups -OCH3 is 2. The molecule has 1 heterocycles. The third-order valence-electron chi connectivity index (χ3n) is 3.62. The molecule has 1 N–H and O–H groups in total. The molecule has 8 heteroatoms. The highest BCUT2D eigenvalue weighted by Gasteiger charge is 2.10. The largest absolute Gasteiger partial charge is 0.493 e. The van der Waals surface area contributed by atoms with Crippen molar-refractivity contribution in [3.05, 3.63) is 52.9 Å². The summed E-state index contributed by atoms with van der Waals surface area (Å²) in [5.74, 6) is 1.33. The topological polar surface area (TPSA) is 60.5 Å². The van der Waals surface area contributed by atoms with Crippen molar-refractivity contribution >= 4 is 46.3 Å². The van der Waals surface area contributed by atoms with Gasteiger partial charge in [0.1, 0.15) is 0 Å². The molecule has 0 spiro atoms. The molecule has 0 aliphatic heterocycles. The highest BCUT2D eigenvalue weighted by molar-refractivity contribution is 8.01. The number of carbonyl (C=O) groups is 1. The van der Waals surface area contributed by atoms with Gasteiger partial charge in [0, 0.05) is 27.7 Å². The van der Waals surface area contributed by atoms with Gasteiger partial charge in [0.25, 0.3) is 0 Å². The molecule has 2 aromatic carbocycles. The minimum absolute atomic E-state index is 0.115. The second kappa shape index (κ2) is 9.12. The average molecular weight is 421 g/mol. The highest BCUT2D eigenvalue weighted by atomic mass is 35.5. The molecule has 3 aromatic rings. The summed E-state index contributed by atoms with van der Waals surface area (Å²) in [6.45, 7) is 0. The lowest BCUT2D eigenvalue weighted by Crippen LogP contribution is -2.14. The fourth-order valence-electron chi connectivity index (χ4n) is 2.32. The Hall–Kier alpha value is -2.22. The number of thiazole rings is 1. The first kappa shape index (κ1) is 19.5. The molecule has 140 valence electrons. The molecule has 3 rings (SSSR count). The summed E-state index contributed by atoms with van der Waals surface area (Å²) >= 11 is 8.82. The fourth-order valence-corrected chi connectivity index (χ4v) is 4.08. The fraction of sp³-hybridized carbons (Fsp3) is 0.158. The number of nitrogens with zero attached hydrogens (tertiary/aromatic N) is 1. The van der Waals surface area contributed by atoms with E-state index in [0.717, 1.165) is 15.6 Å². The number of anilines is 1. The lowest BCUT2D eigenvalue weighted by atomic mass is 10.2. The summed E-state index contributed by atoms with van der Waals surface area (Å²) in [5, 5.41) is 5.51. The summed E-state index contributed by atoms with van der Waals surface area (Å²) in [5.41, 5.74) is 2.52. The summed E-state index contributed by atoms with van der Waals surface area (Å²) in [6.07, 6.45) is 0. The van der Waals surface area contributed by atoms with Crippen molar-refractivity contribution in [3.8, 4) is 22.8 Å². The smallest absolute Gasteiger partial charge is 0.234 e. The molecule has 1 amide bonds. The standard InChI is InChI=1S/C19H17ClN2O3S2/c1-24-16-8-7-14(9-17(16)25-2)21-18(23)11-27-19-22-15(10-26-19)12-3-5-13(20)6-4-12/h3-10H,11H2,1-2H3,(H,21,23). The van der Waals surface area contributed by atoms with Crippen LogP contribution in [0.25, 0.3) is 11.3 Å². The second-order valence-electron chi connectivity index (χ2n) is 5.41. The minimum Gasteiger partial charge on any atom is -0.493 e. The molecular weight excluding hydrogens is 404 g/mol. The van der Waals surface area contributed by atoms with Gasteiger partial charge >= 0.3 is 0 Å². The molecule has 0 unspecified atom stereocenters. The molecule has 1 aromatic heterocycles. The number of ether oxygens (including phenoxy) is 2. The Morgan fingerprint density at radius 3 is 2.59 bits per heavy atom. The van der Waals surface area contributed by atoms with Crippen molar-refractivity contribution in [1.29, 1.82) is 0 Å². The van der Waals surface area contributed by atoms with Crippen LogP contribution >= 0.6 is 34.7 Å². The molecule has 0 bridgehead atoms. The van der Waals surface area contributed by atoms with Crippen LogP contribution < -0.4 is 14.8 Å². The number of carbonyl (C=O) groups excluding carboxylic acids is 1. The van der Waals surface area contributed by atoms with Crippen LogP contribution in [0, 0.1) is 0 Å². The maximum atomic E-state index is 12.2. The number of nitrogens with one attached hydrogen (secondary N) is 1. The van der Waals surface area contributed by atoms with E-state index in [4.69, 9.17) is 21.1 Å². The van der Waals surface area contributed by atoms with E-state index in [1.165, 1.54) is 23.1 Å².